The van der Waals surface area contributed by atoms with Crippen LogP contribution in [0.5, 0.6) is 0 Å². The van der Waals surface area contributed by atoms with Gasteiger partial charge in [-0.1, -0.05) is 46.8 Å². The van der Waals surface area contributed by atoms with E-state index in [1.54, 1.807) is 19.2 Å². The first kappa shape index (κ1) is 21.9. The Labute approximate surface area is 130 Å². The average molecular weight is 296 g/mol. The second kappa shape index (κ2) is 11.3. The van der Waals surface area contributed by atoms with E-state index in [0.29, 0.717) is 17.1 Å². The molecule has 1 rings (SSSR count). The molecule has 0 aliphatic rings. The molecular formula is C18H32O3. The summed E-state index contributed by atoms with van der Waals surface area (Å²) in [6.07, 6.45) is 1.33. The Kier molecular flexibility index (Phi) is 11.8. The highest BCUT2D eigenvalue weighted by Gasteiger charge is 1.99. The number of hydrogen-bond donors (Lipinski definition) is 1. The molecule has 0 spiro atoms. The smallest absolute Gasteiger partial charge is 0.335 e. The highest BCUT2D eigenvalue weighted by atomic mass is 16.5. The molecule has 1 aromatic carbocycles. The first-order valence-corrected chi connectivity index (χ1v) is 7.36. The fraction of sp³-hybridized carbons (Fsp3) is 0.611. The fourth-order valence-electron chi connectivity index (χ4n) is 0.883. The number of hydrogen-bond acceptors (Lipinski definition) is 2. The number of benzene rings is 1. The Balaban J connectivity index is 0. The highest BCUT2D eigenvalue weighted by Crippen LogP contribution is 2.08. The third-order valence-corrected chi connectivity index (χ3v) is 2.08. The minimum Gasteiger partial charge on any atom is -0.478 e. The van der Waals surface area contributed by atoms with Crippen molar-refractivity contribution in [2.24, 2.45) is 5.41 Å². The van der Waals surface area contributed by atoms with E-state index < -0.39 is 5.97 Å². The summed E-state index contributed by atoms with van der Waals surface area (Å²) >= 11 is 0. The lowest BCUT2D eigenvalue weighted by molar-refractivity contribution is 0.0697. The van der Waals surface area contributed by atoms with E-state index in [1.165, 1.54) is 0 Å². The van der Waals surface area contributed by atoms with Gasteiger partial charge in [0.15, 0.2) is 0 Å². The highest BCUT2D eigenvalue weighted by molar-refractivity contribution is 5.87. The predicted octanol–water partition coefficient (Wildman–Crippen LogP) is 5.04. The second-order valence-corrected chi connectivity index (χ2v) is 6.64. The Morgan fingerprint density at radius 2 is 1.48 bits per heavy atom. The summed E-state index contributed by atoms with van der Waals surface area (Å²) < 4.78 is 4.75. The zero-order valence-corrected chi connectivity index (χ0v) is 14.9. The van der Waals surface area contributed by atoms with Gasteiger partial charge in [0, 0.05) is 7.11 Å². The average Bonchev–Trinajstić information content (AvgIpc) is 2.37. The zero-order chi connectivity index (χ0) is 17.1. The van der Waals surface area contributed by atoms with Crippen molar-refractivity contribution in [3.8, 4) is 0 Å². The van der Waals surface area contributed by atoms with Crippen molar-refractivity contribution in [3.63, 3.8) is 0 Å². The molecule has 0 heterocycles. The molecule has 0 bridgehead atoms. The lowest BCUT2D eigenvalue weighted by Gasteiger charge is -2.05. The SMILES string of the molecule is CC(C)(C)C.CCc1ccc(C(=O)O)cc1.COC(C)C. The van der Waals surface area contributed by atoms with Crippen molar-refractivity contribution in [2.75, 3.05) is 7.11 Å². The Morgan fingerprint density at radius 1 is 1.14 bits per heavy atom. The van der Waals surface area contributed by atoms with Crippen molar-refractivity contribution in [1.29, 1.82) is 0 Å². The lowest BCUT2D eigenvalue weighted by atomic mass is 10.0. The molecule has 0 amide bonds. The molecule has 21 heavy (non-hydrogen) atoms. The van der Waals surface area contributed by atoms with E-state index in [9.17, 15) is 4.79 Å². The molecule has 1 aromatic rings. The summed E-state index contributed by atoms with van der Waals surface area (Å²) in [6, 6.07) is 6.93. The zero-order valence-electron chi connectivity index (χ0n) is 14.9. The van der Waals surface area contributed by atoms with Crippen molar-refractivity contribution < 1.29 is 14.6 Å². The summed E-state index contributed by atoms with van der Waals surface area (Å²) in [5.41, 5.74) is 2.01. The summed E-state index contributed by atoms with van der Waals surface area (Å²) in [4.78, 5) is 10.4. The maximum absolute atomic E-state index is 10.4. The minimum atomic E-state index is -0.868. The third-order valence-electron chi connectivity index (χ3n) is 2.08. The molecule has 0 saturated carbocycles. The van der Waals surface area contributed by atoms with Crippen molar-refractivity contribution in [1.82, 2.24) is 0 Å². The van der Waals surface area contributed by atoms with Crippen LogP contribution in [0.3, 0.4) is 0 Å². The van der Waals surface area contributed by atoms with Gasteiger partial charge in [-0.25, -0.2) is 4.79 Å². The van der Waals surface area contributed by atoms with Crippen molar-refractivity contribution in [2.45, 2.75) is 61.0 Å². The number of carboxylic acids is 1. The molecular weight excluding hydrogens is 264 g/mol. The van der Waals surface area contributed by atoms with E-state index >= 15 is 0 Å². The number of rotatable bonds is 3. The Morgan fingerprint density at radius 3 is 1.67 bits per heavy atom. The van der Waals surface area contributed by atoms with Crippen LogP contribution in [0.15, 0.2) is 24.3 Å². The van der Waals surface area contributed by atoms with Gasteiger partial charge in [0.1, 0.15) is 0 Å². The Hall–Kier alpha value is -1.35. The number of methoxy groups -OCH3 is 1. The van der Waals surface area contributed by atoms with E-state index in [2.05, 4.69) is 27.7 Å². The van der Waals surface area contributed by atoms with Crippen LogP contribution in [-0.2, 0) is 11.2 Å². The first-order valence-electron chi connectivity index (χ1n) is 7.36. The second-order valence-electron chi connectivity index (χ2n) is 6.64. The van der Waals surface area contributed by atoms with Gasteiger partial charge in [0.05, 0.1) is 11.7 Å². The van der Waals surface area contributed by atoms with Gasteiger partial charge in [-0.3, -0.25) is 0 Å². The first-order chi connectivity index (χ1) is 9.51. The quantitative estimate of drug-likeness (QED) is 0.850. The molecule has 0 aliphatic carbocycles. The van der Waals surface area contributed by atoms with Crippen LogP contribution >= 0.6 is 0 Å². The number of carbonyl (C=O) groups is 1. The number of ether oxygens (including phenoxy) is 1. The molecule has 0 radical (unpaired) electrons. The standard InChI is InChI=1S/C9H10O2.C5H12.C4H10O/c1-2-7-3-5-8(6-4-7)9(10)11;1-5(2,3)4;1-4(2)5-3/h3-6H,2H2,1H3,(H,10,11);1-4H3;4H,1-3H3. The molecule has 122 valence electrons. The van der Waals surface area contributed by atoms with E-state index in [0.717, 1.165) is 12.0 Å². The maximum atomic E-state index is 10.4. The van der Waals surface area contributed by atoms with Crippen LogP contribution < -0.4 is 0 Å². The van der Waals surface area contributed by atoms with Gasteiger partial charge >= 0.3 is 5.97 Å². The van der Waals surface area contributed by atoms with E-state index in [1.807, 2.05) is 32.9 Å². The predicted molar refractivity (Wildman–Crippen MR) is 90.1 cm³/mol. The van der Waals surface area contributed by atoms with Crippen LogP contribution in [-0.4, -0.2) is 24.3 Å². The van der Waals surface area contributed by atoms with Gasteiger partial charge in [0.25, 0.3) is 0 Å². The number of carboxylic acid groups (broad SMARTS) is 1. The summed E-state index contributed by atoms with van der Waals surface area (Å²) in [5, 5.41) is 8.55. The van der Waals surface area contributed by atoms with Gasteiger partial charge in [0.2, 0.25) is 0 Å². The largest absolute Gasteiger partial charge is 0.478 e. The monoisotopic (exact) mass is 296 g/mol. The van der Waals surface area contributed by atoms with E-state index in [4.69, 9.17) is 9.84 Å². The lowest BCUT2D eigenvalue weighted by Crippen LogP contribution is -1.95. The van der Waals surface area contributed by atoms with Crippen LogP contribution in [0.4, 0.5) is 0 Å². The summed E-state index contributed by atoms with van der Waals surface area (Å²) in [6.45, 7) is 14.8. The maximum Gasteiger partial charge on any atom is 0.335 e. The summed E-state index contributed by atoms with van der Waals surface area (Å²) in [7, 11) is 1.70. The molecule has 0 fully saturated rings. The van der Waals surface area contributed by atoms with Crippen LogP contribution in [0.1, 0.15) is 64.4 Å². The molecule has 3 heteroatoms. The van der Waals surface area contributed by atoms with Crippen LogP contribution in [0.25, 0.3) is 0 Å². The Bertz CT molecular complexity index is 366. The molecule has 0 saturated heterocycles. The van der Waals surface area contributed by atoms with Gasteiger partial charge in [-0.05, 0) is 43.4 Å². The molecule has 0 aliphatic heterocycles. The van der Waals surface area contributed by atoms with Crippen molar-refractivity contribution >= 4 is 5.97 Å². The molecule has 1 N–H and O–H groups in total. The van der Waals surface area contributed by atoms with Crippen molar-refractivity contribution in [3.05, 3.63) is 35.4 Å². The van der Waals surface area contributed by atoms with Gasteiger partial charge in [-0.15, -0.1) is 0 Å². The molecule has 0 unspecified atom stereocenters. The van der Waals surface area contributed by atoms with E-state index in [-0.39, 0.29) is 0 Å². The minimum absolute atomic E-state index is 0.349. The topological polar surface area (TPSA) is 46.5 Å². The summed E-state index contributed by atoms with van der Waals surface area (Å²) in [5.74, 6) is -0.868. The van der Waals surface area contributed by atoms with Crippen LogP contribution in [0.2, 0.25) is 0 Å². The molecule has 3 nitrogen and oxygen atoms in total. The normalized spacial score (nSPS) is 10.1. The third kappa shape index (κ3) is 18.6. The number of aromatic carboxylic acids is 1. The molecule has 0 atom stereocenters. The fourth-order valence-corrected chi connectivity index (χ4v) is 0.883. The van der Waals surface area contributed by atoms with Gasteiger partial charge in [-0.2, -0.15) is 0 Å². The number of aryl methyl sites for hydroxylation is 1. The van der Waals surface area contributed by atoms with Crippen LogP contribution in [0, 0.1) is 5.41 Å². The molecule has 0 aromatic heterocycles. The van der Waals surface area contributed by atoms with Gasteiger partial charge < -0.3 is 9.84 Å².